The Bertz CT molecular complexity index is 1150. The van der Waals surface area contributed by atoms with E-state index >= 15 is 0 Å². The molecule has 0 aromatic heterocycles. The van der Waals surface area contributed by atoms with Crippen LogP contribution >= 0.6 is 0 Å². The average Bonchev–Trinajstić information content (AvgIpc) is 3.61. The molecule has 3 rings (SSSR count). The SMILES string of the molecule is CCC(C)(C)C(=O)OCC1COC(=O)OC1.CCC(C)(C)C(=O)OCC1OC(=O)OC1C.CCC(C)(C)C(=O)OCC1OC(=O)OC1C(C)C. The van der Waals surface area contributed by atoms with Crippen LogP contribution in [0.4, 0.5) is 14.4 Å². The fourth-order valence-corrected chi connectivity index (χ4v) is 3.83. The first-order valence-corrected chi connectivity index (χ1v) is 17.2. The van der Waals surface area contributed by atoms with Gasteiger partial charge in [0, 0.05) is 0 Å². The number of esters is 3. The summed E-state index contributed by atoms with van der Waals surface area (Å²) in [5, 5.41) is 0. The van der Waals surface area contributed by atoms with Gasteiger partial charge in [-0.2, -0.15) is 0 Å². The van der Waals surface area contributed by atoms with Crippen LogP contribution in [-0.2, 0) is 57.0 Å². The number of rotatable bonds is 13. The molecule has 15 nitrogen and oxygen atoms in total. The minimum absolute atomic E-state index is 0.0508. The van der Waals surface area contributed by atoms with E-state index in [2.05, 4.69) is 9.47 Å². The van der Waals surface area contributed by atoms with Crippen LogP contribution < -0.4 is 0 Å². The normalized spacial score (nSPS) is 22.1. The van der Waals surface area contributed by atoms with Gasteiger partial charge in [-0.15, -0.1) is 0 Å². The minimum Gasteiger partial charge on any atom is -0.465 e. The molecule has 3 aliphatic rings. The molecule has 0 saturated carbocycles. The highest BCUT2D eigenvalue weighted by Gasteiger charge is 2.40. The second-order valence-electron chi connectivity index (χ2n) is 14.7. The Morgan fingerprint density at radius 3 is 1.38 bits per heavy atom. The number of hydrogen-bond acceptors (Lipinski definition) is 15. The highest BCUT2D eigenvalue weighted by Crippen LogP contribution is 2.26. The zero-order chi connectivity index (χ0) is 38.4. The van der Waals surface area contributed by atoms with Gasteiger partial charge in [-0.05, 0) is 73.6 Å². The van der Waals surface area contributed by atoms with Crippen molar-refractivity contribution >= 4 is 36.4 Å². The van der Waals surface area contributed by atoms with E-state index in [4.69, 9.17) is 33.2 Å². The van der Waals surface area contributed by atoms with E-state index in [0.29, 0.717) is 12.8 Å². The Morgan fingerprint density at radius 1 is 0.620 bits per heavy atom. The molecule has 0 aromatic carbocycles. The molecule has 4 atom stereocenters. The lowest BCUT2D eigenvalue weighted by molar-refractivity contribution is -0.158. The standard InChI is InChI=1S/C13H22O5.2C11H18O5/c1-6-13(4,5)11(14)16-7-9-10(8(2)3)18-12(15)17-9;1-5-11(3,4)9(12)14-6-8-7(2)15-10(13)16-8;1-4-11(2,3)9(12)14-5-8-6-15-10(13)16-7-8/h8-10H,6-7H2,1-5H3;7-8H,5-6H2,1-4H3;8H,4-7H2,1-3H3. The number of ether oxygens (including phenoxy) is 9. The van der Waals surface area contributed by atoms with Crippen LogP contribution in [0.15, 0.2) is 0 Å². The van der Waals surface area contributed by atoms with Crippen LogP contribution in [0.25, 0.3) is 0 Å². The fourth-order valence-electron chi connectivity index (χ4n) is 3.83. The van der Waals surface area contributed by atoms with Crippen LogP contribution in [-0.4, -0.2) is 93.8 Å². The van der Waals surface area contributed by atoms with E-state index in [1.54, 1.807) is 6.92 Å². The topological polar surface area (TPSA) is 185 Å². The molecular weight excluding hydrogens is 660 g/mol. The maximum atomic E-state index is 11.8. The molecule has 15 heteroatoms. The van der Waals surface area contributed by atoms with E-state index < -0.39 is 46.9 Å². The van der Waals surface area contributed by atoms with Crippen molar-refractivity contribution < 1.29 is 71.4 Å². The Hall–Kier alpha value is -3.78. The molecule has 3 aliphatic heterocycles. The van der Waals surface area contributed by atoms with Crippen molar-refractivity contribution in [3.63, 3.8) is 0 Å². The van der Waals surface area contributed by atoms with Crippen LogP contribution in [0.5, 0.6) is 0 Å². The van der Waals surface area contributed by atoms with Gasteiger partial charge in [0.1, 0.15) is 45.2 Å². The molecule has 288 valence electrons. The smallest absolute Gasteiger partial charge is 0.465 e. The third-order valence-corrected chi connectivity index (χ3v) is 8.95. The van der Waals surface area contributed by atoms with E-state index in [1.165, 1.54) is 0 Å². The molecule has 50 heavy (non-hydrogen) atoms. The fraction of sp³-hybridized carbons (Fsp3) is 0.829. The van der Waals surface area contributed by atoms with Gasteiger partial charge >= 0.3 is 36.4 Å². The summed E-state index contributed by atoms with van der Waals surface area (Å²) in [6.07, 6.45) is -1.66. The monoisotopic (exact) mass is 718 g/mol. The second kappa shape index (κ2) is 19.6. The van der Waals surface area contributed by atoms with E-state index in [-0.39, 0.29) is 75.0 Å². The highest BCUT2D eigenvalue weighted by molar-refractivity contribution is 5.76. The summed E-state index contributed by atoms with van der Waals surface area (Å²) in [6.45, 7) is 23.1. The van der Waals surface area contributed by atoms with Crippen molar-refractivity contribution in [2.75, 3.05) is 33.0 Å². The first-order chi connectivity index (χ1) is 23.1. The number of cyclic esters (lactones) is 6. The van der Waals surface area contributed by atoms with Crippen molar-refractivity contribution in [3.8, 4) is 0 Å². The molecule has 0 bridgehead atoms. The van der Waals surface area contributed by atoms with Gasteiger partial charge in [-0.1, -0.05) is 34.6 Å². The van der Waals surface area contributed by atoms with Gasteiger partial charge in [-0.25, -0.2) is 14.4 Å². The molecule has 4 unspecified atom stereocenters. The maximum Gasteiger partial charge on any atom is 0.509 e. The van der Waals surface area contributed by atoms with E-state index in [9.17, 15) is 28.8 Å². The molecule has 0 aliphatic carbocycles. The Morgan fingerprint density at radius 2 is 1.00 bits per heavy atom. The third-order valence-electron chi connectivity index (χ3n) is 8.95. The largest absolute Gasteiger partial charge is 0.509 e. The summed E-state index contributed by atoms with van der Waals surface area (Å²) in [7, 11) is 0. The maximum absolute atomic E-state index is 11.8. The summed E-state index contributed by atoms with van der Waals surface area (Å²) < 4.78 is 44.5. The quantitative estimate of drug-likeness (QED) is 0.155. The average molecular weight is 719 g/mol. The van der Waals surface area contributed by atoms with Gasteiger partial charge in [0.05, 0.1) is 22.2 Å². The minimum atomic E-state index is -0.705. The molecule has 0 radical (unpaired) electrons. The van der Waals surface area contributed by atoms with Gasteiger partial charge < -0.3 is 42.6 Å². The second-order valence-corrected chi connectivity index (χ2v) is 14.7. The van der Waals surface area contributed by atoms with E-state index in [1.807, 2.05) is 76.2 Å². The number of carbonyl (C=O) groups excluding carboxylic acids is 6. The van der Waals surface area contributed by atoms with E-state index in [0.717, 1.165) is 6.42 Å². The number of hydrogen-bond donors (Lipinski definition) is 0. The lowest BCUT2D eigenvalue weighted by Gasteiger charge is -2.24. The molecule has 3 heterocycles. The highest BCUT2D eigenvalue weighted by atomic mass is 16.8. The van der Waals surface area contributed by atoms with Crippen LogP contribution in [0.1, 0.15) is 102 Å². The lowest BCUT2D eigenvalue weighted by atomic mass is 9.91. The molecule has 0 N–H and O–H groups in total. The molecule has 0 spiro atoms. The summed E-state index contributed by atoms with van der Waals surface area (Å²) in [5.41, 5.74) is -1.49. The first kappa shape index (κ1) is 44.2. The molecule has 0 aromatic rings. The number of carbonyl (C=O) groups is 6. The Labute approximate surface area is 295 Å². The predicted octanol–water partition coefficient (Wildman–Crippen LogP) is 6.16. The van der Waals surface area contributed by atoms with Gasteiger partial charge in [-0.3, -0.25) is 14.4 Å². The van der Waals surface area contributed by atoms with Gasteiger partial charge in [0.2, 0.25) is 0 Å². The third kappa shape index (κ3) is 14.2. The zero-order valence-corrected chi connectivity index (χ0v) is 31.7. The summed E-state index contributed by atoms with van der Waals surface area (Å²) in [6, 6.07) is 0. The van der Waals surface area contributed by atoms with Crippen LogP contribution in [0.3, 0.4) is 0 Å². The first-order valence-electron chi connectivity index (χ1n) is 17.2. The van der Waals surface area contributed by atoms with Crippen LogP contribution in [0.2, 0.25) is 0 Å². The van der Waals surface area contributed by atoms with Crippen molar-refractivity contribution in [2.45, 2.75) is 127 Å². The molecule has 3 saturated heterocycles. The molecule has 3 fully saturated rings. The Kier molecular flexibility index (Phi) is 17.3. The van der Waals surface area contributed by atoms with Crippen molar-refractivity contribution in [1.29, 1.82) is 0 Å². The molecule has 0 amide bonds. The van der Waals surface area contributed by atoms with Crippen LogP contribution in [0, 0.1) is 28.1 Å². The van der Waals surface area contributed by atoms with Gasteiger partial charge in [0.25, 0.3) is 0 Å². The summed E-state index contributed by atoms with van der Waals surface area (Å²) >= 11 is 0. The summed E-state index contributed by atoms with van der Waals surface area (Å²) in [4.78, 5) is 67.5. The van der Waals surface area contributed by atoms with Crippen molar-refractivity contribution in [3.05, 3.63) is 0 Å². The summed E-state index contributed by atoms with van der Waals surface area (Å²) in [5.74, 6) is -0.735. The van der Waals surface area contributed by atoms with Gasteiger partial charge in [0.15, 0.2) is 12.2 Å². The molecular formula is C35H58O15. The zero-order valence-electron chi connectivity index (χ0n) is 31.7. The lowest BCUT2D eigenvalue weighted by Crippen LogP contribution is -2.35. The Balaban J connectivity index is 0.000000376. The van der Waals surface area contributed by atoms with Crippen molar-refractivity contribution in [2.24, 2.45) is 28.1 Å². The van der Waals surface area contributed by atoms with Crippen molar-refractivity contribution in [1.82, 2.24) is 0 Å². The predicted molar refractivity (Wildman–Crippen MR) is 177 cm³/mol.